The third-order valence-electron chi connectivity index (χ3n) is 2.05. The van der Waals surface area contributed by atoms with Crippen molar-refractivity contribution >= 4 is 29.3 Å². The van der Waals surface area contributed by atoms with Crippen molar-refractivity contribution in [3.8, 4) is 0 Å². The fraction of sp³-hybridized carbons (Fsp3) is 0.400. The third kappa shape index (κ3) is 3.25. The number of rotatable bonds is 4. The quantitative estimate of drug-likeness (QED) is 0.849. The lowest BCUT2D eigenvalue weighted by Gasteiger charge is -2.16. The van der Waals surface area contributed by atoms with Crippen LogP contribution >= 0.6 is 23.2 Å². The Morgan fingerprint density at radius 3 is 2.88 bits per heavy atom. The van der Waals surface area contributed by atoms with Crippen LogP contribution in [0.4, 0.5) is 4.79 Å². The molecule has 1 rings (SSSR count). The van der Waals surface area contributed by atoms with E-state index in [1.165, 1.54) is 6.20 Å². The van der Waals surface area contributed by atoms with Crippen molar-refractivity contribution in [2.24, 2.45) is 5.73 Å². The van der Waals surface area contributed by atoms with Crippen LogP contribution in [0.5, 0.6) is 0 Å². The van der Waals surface area contributed by atoms with E-state index < -0.39 is 12.2 Å². The second-order valence-corrected chi connectivity index (χ2v) is 3.87. The molecule has 0 radical (unpaired) electrons. The van der Waals surface area contributed by atoms with Crippen LogP contribution in [0.2, 0.25) is 5.02 Å². The number of carbonyl (C=O) groups excluding carboxylic acids is 1. The van der Waals surface area contributed by atoms with E-state index in [0.29, 0.717) is 17.1 Å². The Balaban J connectivity index is 3.03. The summed E-state index contributed by atoms with van der Waals surface area (Å²) in [6, 6.07) is 1.70. The Labute approximate surface area is 104 Å². The average molecular weight is 263 g/mol. The molecule has 4 nitrogen and oxygen atoms in total. The fourth-order valence-corrected chi connectivity index (χ4v) is 1.76. The molecule has 0 bridgehead atoms. The Hall–Kier alpha value is -1.000. The van der Waals surface area contributed by atoms with E-state index >= 15 is 0 Å². The van der Waals surface area contributed by atoms with Crippen LogP contribution in [0.25, 0.3) is 0 Å². The number of pyridine rings is 1. The SMILES string of the molecule is CCC(OC(N)=O)c1ncc(Cl)cc1CCl. The summed E-state index contributed by atoms with van der Waals surface area (Å²) in [6.07, 6.45) is 0.745. The molecule has 88 valence electrons. The standard InChI is InChI=1S/C10H12Cl2N2O2/c1-2-8(16-10(13)15)9-6(4-11)3-7(12)5-14-9/h3,5,8H,2,4H2,1H3,(H2,13,15). The molecular weight excluding hydrogens is 251 g/mol. The van der Waals surface area contributed by atoms with Gasteiger partial charge in [-0.3, -0.25) is 4.98 Å². The minimum Gasteiger partial charge on any atom is -0.440 e. The van der Waals surface area contributed by atoms with Crippen molar-refractivity contribution in [2.45, 2.75) is 25.3 Å². The highest BCUT2D eigenvalue weighted by atomic mass is 35.5. The van der Waals surface area contributed by atoms with E-state index in [4.69, 9.17) is 33.7 Å². The summed E-state index contributed by atoms with van der Waals surface area (Å²) in [5.41, 5.74) is 6.32. The van der Waals surface area contributed by atoms with Crippen LogP contribution < -0.4 is 5.73 Å². The highest BCUT2D eigenvalue weighted by Gasteiger charge is 2.18. The van der Waals surface area contributed by atoms with E-state index in [0.717, 1.165) is 5.56 Å². The van der Waals surface area contributed by atoms with E-state index in [1.807, 2.05) is 6.92 Å². The zero-order chi connectivity index (χ0) is 12.1. The van der Waals surface area contributed by atoms with Gasteiger partial charge in [-0.25, -0.2) is 4.79 Å². The van der Waals surface area contributed by atoms with Gasteiger partial charge in [0.25, 0.3) is 0 Å². The molecule has 0 aliphatic rings. The summed E-state index contributed by atoms with van der Waals surface area (Å²) in [6.45, 7) is 1.86. The monoisotopic (exact) mass is 262 g/mol. The molecule has 1 aromatic heterocycles. The number of primary amides is 1. The van der Waals surface area contributed by atoms with Crippen LogP contribution in [-0.2, 0) is 10.6 Å². The highest BCUT2D eigenvalue weighted by molar-refractivity contribution is 6.30. The van der Waals surface area contributed by atoms with E-state index in [9.17, 15) is 4.79 Å². The molecule has 1 amide bonds. The lowest BCUT2D eigenvalue weighted by atomic mass is 10.1. The van der Waals surface area contributed by atoms with E-state index in [2.05, 4.69) is 4.98 Å². The first-order valence-electron chi connectivity index (χ1n) is 4.74. The zero-order valence-corrected chi connectivity index (χ0v) is 10.3. The molecule has 6 heteroatoms. The number of ether oxygens (including phenoxy) is 1. The van der Waals surface area contributed by atoms with Gasteiger partial charge >= 0.3 is 6.09 Å². The summed E-state index contributed by atoms with van der Waals surface area (Å²) in [5, 5.41) is 0.494. The molecule has 0 aromatic carbocycles. The van der Waals surface area contributed by atoms with Gasteiger partial charge in [0, 0.05) is 12.1 Å². The van der Waals surface area contributed by atoms with Crippen molar-refractivity contribution in [1.29, 1.82) is 0 Å². The first-order valence-corrected chi connectivity index (χ1v) is 5.66. The Bertz CT molecular complexity index is 385. The molecule has 1 aromatic rings. The Morgan fingerprint density at radius 2 is 2.38 bits per heavy atom. The van der Waals surface area contributed by atoms with Gasteiger partial charge in [0.05, 0.1) is 10.7 Å². The first kappa shape index (κ1) is 13.1. The Morgan fingerprint density at radius 1 is 1.69 bits per heavy atom. The van der Waals surface area contributed by atoms with Gasteiger partial charge in [-0.05, 0) is 18.1 Å². The van der Waals surface area contributed by atoms with Crippen LogP contribution in [0.15, 0.2) is 12.3 Å². The van der Waals surface area contributed by atoms with Crippen molar-refractivity contribution in [3.05, 3.63) is 28.5 Å². The number of aromatic nitrogens is 1. The topological polar surface area (TPSA) is 65.2 Å². The Kier molecular flexibility index (Phi) is 4.83. The molecule has 1 heterocycles. The summed E-state index contributed by atoms with van der Waals surface area (Å²) < 4.78 is 4.94. The molecule has 16 heavy (non-hydrogen) atoms. The predicted molar refractivity (Wildman–Crippen MR) is 62.5 cm³/mol. The summed E-state index contributed by atoms with van der Waals surface area (Å²) >= 11 is 11.6. The van der Waals surface area contributed by atoms with Crippen LogP contribution in [0.1, 0.15) is 30.7 Å². The maximum absolute atomic E-state index is 10.7. The van der Waals surface area contributed by atoms with E-state index in [-0.39, 0.29) is 5.88 Å². The summed E-state index contributed by atoms with van der Waals surface area (Å²) in [5.74, 6) is 0.252. The lowest BCUT2D eigenvalue weighted by molar-refractivity contribution is 0.101. The number of alkyl halides is 1. The van der Waals surface area contributed by atoms with Crippen molar-refractivity contribution in [2.75, 3.05) is 0 Å². The number of nitrogens with two attached hydrogens (primary N) is 1. The minimum absolute atomic E-state index is 0.252. The normalized spacial score (nSPS) is 12.2. The van der Waals surface area contributed by atoms with Gasteiger partial charge in [0.15, 0.2) is 0 Å². The molecular formula is C10H12Cl2N2O2. The highest BCUT2D eigenvalue weighted by Crippen LogP contribution is 2.25. The predicted octanol–water partition coefficient (Wildman–Crippen LogP) is 3.02. The van der Waals surface area contributed by atoms with Crippen molar-refractivity contribution in [1.82, 2.24) is 4.98 Å². The van der Waals surface area contributed by atoms with Gasteiger partial charge in [-0.2, -0.15) is 0 Å². The molecule has 0 spiro atoms. The smallest absolute Gasteiger partial charge is 0.405 e. The van der Waals surface area contributed by atoms with Gasteiger partial charge < -0.3 is 10.5 Å². The second kappa shape index (κ2) is 5.92. The fourth-order valence-electron chi connectivity index (χ4n) is 1.36. The molecule has 2 N–H and O–H groups in total. The summed E-state index contributed by atoms with van der Waals surface area (Å²) in [4.78, 5) is 14.8. The van der Waals surface area contributed by atoms with Crippen molar-refractivity contribution < 1.29 is 9.53 Å². The van der Waals surface area contributed by atoms with Crippen LogP contribution in [0.3, 0.4) is 0 Å². The van der Waals surface area contributed by atoms with Crippen molar-refractivity contribution in [3.63, 3.8) is 0 Å². The number of carbonyl (C=O) groups is 1. The lowest BCUT2D eigenvalue weighted by Crippen LogP contribution is -2.18. The summed E-state index contributed by atoms with van der Waals surface area (Å²) in [7, 11) is 0. The molecule has 1 unspecified atom stereocenters. The van der Waals surface area contributed by atoms with Gasteiger partial charge in [-0.15, -0.1) is 11.6 Å². The number of halogens is 2. The van der Waals surface area contributed by atoms with Gasteiger partial charge in [0.1, 0.15) is 6.10 Å². The molecule has 0 saturated carbocycles. The van der Waals surface area contributed by atoms with Crippen LogP contribution in [-0.4, -0.2) is 11.1 Å². The van der Waals surface area contributed by atoms with Crippen LogP contribution in [0, 0.1) is 0 Å². The molecule has 1 atom stereocenters. The third-order valence-corrected chi connectivity index (χ3v) is 2.54. The minimum atomic E-state index is -0.830. The average Bonchev–Trinajstić information content (AvgIpc) is 2.25. The van der Waals surface area contributed by atoms with Gasteiger partial charge in [0.2, 0.25) is 0 Å². The molecule has 0 saturated heterocycles. The largest absolute Gasteiger partial charge is 0.440 e. The van der Waals surface area contributed by atoms with E-state index in [1.54, 1.807) is 6.07 Å². The first-order chi connectivity index (χ1) is 7.58. The maximum atomic E-state index is 10.7. The number of hydrogen-bond donors (Lipinski definition) is 1. The number of amides is 1. The second-order valence-electron chi connectivity index (χ2n) is 3.17. The molecule has 0 aliphatic heterocycles. The van der Waals surface area contributed by atoms with Gasteiger partial charge in [-0.1, -0.05) is 18.5 Å². The molecule has 0 fully saturated rings. The maximum Gasteiger partial charge on any atom is 0.405 e. The zero-order valence-electron chi connectivity index (χ0n) is 8.74. The number of nitrogens with zero attached hydrogens (tertiary/aromatic N) is 1. The molecule has 0 aliphatic carbocycles. The number of hydrogen-bond acceptors (Lipinski definition) is 3.